The second kappa shape index (κ2) is 6.39. The zero-order valence-corrected chi connectivity index (χ0v) is 10.4. The van der Waals surface area contributed by atoms with Gasteiger partial charge in [0, 0.05) is 19.6 Å². The van der Waals surface area contributed by atoms with Crippen molar-refractivity contribution < 1.29 is 9.84 Å². The molecule has 1 fully saturated rings. The zero-order chi connectivity index (χ0) is 12.8. The van der Waals surface area contributed by atoms with Gasteiger partial charge in [-0.3, -0.25) is 4.90 Å². The quantitative estimate of drug-likeness (QED) is 0.848. The summed E-state index contributed by atoms with van der Waals surface area (Å²) in [4.78, 5) is 2.20. The normalized spacial score (nSPS) is 19.7. The first-order valence-electron chi connectivity index (χ1n) is 6.27. The highest BCUT2D eigenvalue weighted by Crippen LogP contribution is 2.13. The summed E-state index contributed by atoms with van der Waals surface area (Å²) >= 11 is 0. The highest BCUT2D eigenvalue weighted by Gasteiger charge is 2.19. The van der Waals surface area contributed by atoms with Crippen LogP contribution in [0.2, 0.25) is 0 Å². The molecule has 1 N–H and O–H groups in total. The number of β-amino-alcohol motifs (C(OH)–C–C–N with tert-alkyl or cyclic N) is 1. The molecule has 0 amide bonds. The van der Waals surface area contributed by atoms with Gasteiger partial charge in [0.2, 0.25) is 0 Å². The Balaban J connectivity index is 1.71. The van der Waals surface area contributed by atoms with Gasteiger partial charge in [-0.05, 0) is 24.1 Å². The van der Waals surface area contributed by atoms with Crippen LogP contribution in [0.5, 0.6) is 5.75 Å². The fourth-order valence-electron chi connectivity index (χ4n) is 2.10. The lowest BCUT2D eigenvalue weighted by atomic mass is 10.2. The van der Waals surface area contributed by atoms with Crippen LogP contribution < -0.4 is 4.74 Å². The van der Waals surface area contributed by atoms with Crippen molar-refractivity contribution in [2.45, 2.75) is 18.9 Å². The first-order chi connectivity index (χ1) is 8.78. The van der Waals surface area contributed by atoms with E-state index in [0.29, 0.717) is 13.0 Å². The maximum Gasteiger partial charge on any atom is 0.119 e. The van der Waals surface area contributed by atoms with Crippen molar-refractivity contribution in [3.63, 3.8) is 0 Å². The monoisotopic (exact) mass is 246 g/mol. The van der Waals surface area contributed by atoms with Crippen LogP contribution in [-0.2, 0) is 6.42 Å². The Morgan fingerprint density at radius 3 is 2.78 bits per heavy atom. The Kier molecular flexibility index (Phi) is 4.57. The van der Waals surface area contributed by atoms with Crippen LogP contribution >= 0.6 is 0 Å². The van der Waals surface area contributed by atoms with Crippen LogP contribution in [0.4, 0.5) is 0 Å². The van der Waals surface area contributed by atoms with Crippen molar-refractivity contribution in [2.24, 2.45) is 0 Å². The molecular formula is C14H18N2O2. The van der Waals surface area contributed by atoms with E-state index in [2.05, 4.69) is 11.0 Å². The minimum atomic E-state index is -0.171. The summed E-state index contributed by atoms with van der Waals surface area (Å²) in [5, 5.41) is 18.0. The minimum Gasteiger partial charge on any atom is -0.492 e. The second-order valence-electron chi connectivity index (χ2n) is 4.57. The van der Waals surface area contributed by atoms with E-state index >= 15 is 0 Å². The Morgan fingerprint density at radius 1 is 1.39 bits per heavy atom. The SMILES string of the molecule is N#CCc1ccc(OCCN2CCC(O)C2)cc1. The average molecular weight is 246 g/mol. The molecule has 1 aliphatic rings. The molecule has 2 rings (SSSR count). The molecule has 0 aliphatic carbocycles. The molecule has 96 valence electrons. The number of nitriles is 1. The molecule has 0 bridgehead atoms. The first-order valence-corrected chi connectivity index (χ1v) is 6.27. The molecule has 4 heteroatoms. The van der Waals surface area contributed by atoms with Crippen LogP contribution in [0.25, 0.3) is 0 Å². The summed E-state index contributed by atoms with van der Waals surface area (Å²) < 4.78 is 5.63. The lowest BCUT2D eigenvalue weighted by molar-refractivity contribution is 0.167. The minimum absolute atomic E-state index is 0.171. The van der Waals surface area contributed by atoms with Crippen molar-refractivity contribution in [3.8, 4) is 11.8 Å². The number of likely N-dealkylation sites (tertiary alicyclic amines) is 1. The van der Waals surface area contributed by atoms with Gasteiger partial charge >= 0.3 is 0 Å². The van der Waals surface area contributed by atoms with Gasteiger partial charge in [0.25, 0.3) is 0 Å². The van der Waals surface area contributed by atoms with Crippen LogP contribution in [0, 0.1) is 11.3 Å². The van der Waals surface area contributed by atoms with Gasteiger partial charge in [-0.15, -0.1) is 0 Å². The van der Waals surface area contributed by atoms with Crippen LogP contribution in [0.15, 0.2) is 24.3 Å². The molecule has 1 aliphatic heterocycles. The van der Waals surface area contributed by atoms with Crippen molar-refractivity contribution in [2.75, 3.05) is 26.2 Å². The fourth-order valence-corrected chi connectivity index (χ4v) is 2.10. The number of aliphatic hydroxyl groups is 1. The number of hydrogen-bond donors (Lipinski definition) is 1. The largest absolute Gasteiger partial charge is 0.492 e. The average Bonchev–Trinajstić information content (AvgIpc) is 2.78. The number of nitrogens with zero attached hydrogens (tertiary/aromatic N) is 2. The zero-order valence-electron chi connectivity index (χ0n) is 10.4. The molecule has 1 unspecified atom stereocenters. The summed E-state index contributed by atoms with van der Waals surface area (Å²) in [6.45, 7) is 3.18. The summed E-state index contributed by atoms with van der Waals surface area (Å²) in [5.41, 5.74) is 1.01. The maximum absolute atomic E-state index is 9.39. The smallest absolute Gasteiger partial charge is 0.119 e. The Labute approximate surface area is 107 Å². The highest BCUT2D eigenvalue weighted by atomic mass is 16.5. The third-order valence-corrected chi connectivity index (χ3v) is 3.13. The number of aliphatic hydroxyl groups excluding tert-OH is 1. The van der Waals surface area contributed by atoms with E-state index in [1.54, 1.807) is 0 Å². The van der Waals surface area contributed by atoms with E-state index in [0.717, 1.165) is 37.4 Å². The Morgan fingerprint density at radius 2 is 2.17 bits per heavy atom. The fraction of sp³-hybridized carbons (Fsp3) is 0.500. The number of benzene rings is 1. The molecule has 18 heavy (non-hydrogen) atoms. The summed E-state index contributed by atoms with van der Waals surface area (Å²) in [6.07, 6.45) is 1.13. The molecule has 1 saturated heterocycles. The molecule has 1 aromatic rings. The first kappa shape index (κ1) is 12.9. The number of rotatable bonds is 5. The predicted octanol–water partition coefficient (Wildman–Crippen LogP) is 1.20. The summed E-state index contributed by atoms with van der Waals surface area (Å²) in [6, 6.07) is 9.74. The third-order valence-electron chi connectivity index (χ3n) is 3.13. The molecule has 1 heterocycles. The summed E-state index contributed by atoms with van der Waals surface area (Å²) in [5.74, 6) is 0.830. The molecular weight excluding hydrogens is 228 g/mol. The van der Waals surface area contributed by atoms with Gasteiger partial charge < -0.3 is 9.84 Å². The van der Waals surface area contributed by atoms with E-state index < -0.39 is 0 Å². The molecule has 0 spiro atoms. The standard InChI is InChI=1S/C14H18N2O2/c15-7-5-12-1-3-14(4-2-12)18-10-9-16-8-6-13(17)11-16/h1-4,13,17H,5-6,8-11H2. The molecule has 4 nitrogen and oxygen atoms in total. The topological polar surface area (TPSA) is 56.5 Å². The van der Waals surface area contributed by atoms with Gasteiger partial charge in [0.05, 0.1) is 18.6 Å². The Hall–Kier alpha value is -1.57. The van der Waals surface area contributed by atoms with E-state index in [1.807, 2.05) is 24.3 Å². The predicted molar refractivity (Wildman–Crippen MR) is 68.3 cm³/mol. The van der Waals surface area contributed by atoms with Gasteiger partial charge in [-0.2, -0.15) is 5.26 Å². The van der Waals surface area contributed by atoms with E-state index in [9.17, 15) is 5.11 Å². The molecule has 0 radical (unpaired) electrons. The highest BCUT2D eigenvalue weighted by molar-refractivity contribution is 5.28. The van der Waals surface area contributed by atoms with Crippen LogP contribution in [-0.4, -0.2) is 42.4 Å². The van der Waals surface area contributed by atoms with E-state index in [-0.39, 0.29) is 6.10 Å². The van der Waals surface area contributed by atoms with Crippen molar-refractivity contribution >= 4 is 0 Å². The van der Waals surface area contributed by atoms with Crippen molar-refractivity contribution in [3.05, 3.63) is 29.8 Å². The van der Waals surface area contributed by atoms with E-state index in [4.69, 9.17) is 10.00 Å². The Bertz CT molecular complexity index is 411. The number of ether oxygens (including phenoxy) is 1. The lowest BCUT2D eigenvalue weighted by Gasteiger charge is -2.15. The van der Waals surface area contributed by atoms with E-state index in [1.165, 1.54) is 0 Å². The van der Waals surface area contributed by atoms with Crippen molar-refractivity contribution in [1.82, 2.24) is 4.90 Å². The summed E-state index contributed by atoms with van der Waals surface area (Å²) in [7, 11) is 0. The van der Waals surface area contributed by atoms with Gasteiger partial charge in [-0.25, -0.2) is 0 Å². The van der Waals surface area contributed by atoms with Gasteiger partial charge in [0.1, 0.15) is 12.4 Å². The van der Waals surface area contributed by atoms with Gasteiger partial charge in [0.15, 0.2) is 0 Å². The van der Waals surface area contributed by atoms with Crippen molar-refractivity contribution in [1.29, 1.82) is 5.26 Å². The molecule has 0 saturated carbocycles. The maximum atomic E-state index is 9.39. The van der Waals surface area contributed by atoms with Crippen LogP contribution in [0.1, 0.15) is 12.0 Å². The number of hydrogen-bond acceptors (Lipinski definition) is 4. The third kappa shape index (κ3) is 3.73. The lowest BCUT2D eigenvalue weighted by Crippen LogP contribution is -2.27. The second-order valence-corrected chi connectivity index (χ2v) is 4.57. The van der Waals surface area contributed by atoms with Crippen LogP contribution in [0.3, 0.4) is 0 Å². The molecule has 1 aromatic carbocycles. The van der Waals surface area contributed by atoms with Gasteiger partial charge in [-0.1, -0.05) is 12.1 Å². The molecule has 0 aromatic heterocycles. The molecule has 1 atom stereocenters.